The van der Waals surface area contributed by atoms with Gasteiger partial charge in [-0.25, -0.2) is 4.98 Å². The maximum absolute atomic E-state index is 12.3. The Morgan fingerprint density at radius 2 is 2.17 bits per heavy atom. The van der Waals surface area contributed by atoms with Gasteiger partial charge in [0.05, 0.1) is 12.2 Å². The Balaban J connectivity index is 1.63. The fourth-order valence-corrected chi connectivity index (χ4v) is 3.69. The third-order valence-electron chi connectivity index (χ3n) is 3.03. The SMILES string of the molecule is Cc1nc(COc2ccc(Cl)cc2)sc1C(=O)NC1=NCCS1. The lowest BCUT2D eigenvalue weighted by molar-refractivity contribution is 0.0981. The molecule has 0 saturated carbocycles. The second-order valence-corrected chi connectivity index (χ2v) is 7.36. The van der Waals surface area contributed by atoms with Gasteiger partial charge in [-0.05, 0) is 31.2 Å². The summed E-state index contributed by atoms with van der Waals surface area (Å²) in [5.41, 5.74) is 0.700. The molecule has 1 aromatic heterocycles. The maximum Gasteiger partial charge on any atom is 0.269 e. The molecule has 0 aliphatic carbocycles. The molecule has 23 heavy (non-hydrogen) atoms. The Labute approximate surface area is 147 Å². The van der Waals surface area contributed by atoms with E-state index in [1.54, 1.807) is 36.0 Å². The number of amides is 1. The summed E-state index contributed by atoms with van der Waals surface area (Å²) in [6.07, 6.45) is 0. The number of rotatable bonds is 4. The Kier molecular flexibility index (Phi) is 5.20. The summed E-state index contributed by atoms with van der Waals surface area (Å²) in [7, 11) is 0. The molecule has 2 aromatic rings. The molecule has 120 valence electrons. The second kappa shape index (κ2) is 7.33. The number of carbonyl (C=O) groups excluding carboxylic acids is 1. The van der Waals surface area contributed by atoms with E-state index in [1.165, 1.54) is 11.3 Å². The second-order valence-electron chi connectivity index (χ2n) is 4.75. The summed E-state index contributed by atoms with van der Waals surface area (Å²) in [5.74, 6) is 1.47. The van der Waals surface area contributed by atoms with E-state index < -0.39 is 0 Å². The van der Waals surface area contributed by atoms with Crippen LogP contribution in [-0.2, 0) is 6.61 Å². The van der Waals surface area contributed by atoms with Gasteiger partial charge in [0.15, 0.2) is 5.17 Å². The van der Waals surface area contributed by atoms with Crippen LogP contribution in [0.2, 0.25) is 5.02 Å². The van der Waals surface area contributed by atoms with Crippen molar-refractivity contribution in [3.8, 4) is 5.75 Å². The van der Waals surface area contributed by atoms with Crippen LogP contribution in [0.3, 0.4) is 0 Å². The van der Waals surface area contributed by atoms with Gasteiger partial charge in [0.25, 0.3) is 5.91 Å². The third-order valence-corrected chi connectivity index (χ3v) is 5.30. The fourth-order valence-electron chi connectivity index (χ4n) is 1.97. The van der Waals surface area contributed by atoms with Crippen molar-refractivity contribution in [2.24, 2.45) is 4.99 Å². The molecule has 2 heterocycles. The van der Waals surface area contributed by atoms with Crippen molar-refractivity contribution in [2.75, 3.05) is 12.3 Å². The molecule has 0 spiro atoms. The van der Waals surface area contributed by atoms with E-state index in [0.29, 0.717) is 33.1 Å². The van der Waals surface area contributed by atoms with Gasteiger partial charge in [-0.2, -0.15) is 0 Å². The molecule has 0 radical (unpaired) electrons. The lowest BCUT2D eigenvalue weighted by atomic mass is 10.3. The van der Waals surface area contributed by atoms with Crippen molar-refractivity contribution in [3.05, 3.63) is 44.9 Å². The molecule has 0 unspecified atom stereocenters. The predicted octanol–water partition coefficient (Wildman–Crippen LogP) is 3.52. The highest BCUT2D eigenvalue weighted by Crippen LogP contribution is 2.22. The van der Waals surface area contributed by atoms with E-state index in [2.05, 4.69) is 15.3 Å². The summed E-state index contributed by atoms with van der Waals surface area (Å²) < 4.78 is 5.66. The molecular weight excluding hydrogens is 354 g/mol. The van der Waals surface area contributed by atoms with Gasteiger partial charge in [-0.15, -0.1) is 11.3 Å². The number of nitrogens with zero attached hydrogens (tertiary/aromatic N) is 2. The fraction of sp³-hybridized carbons (Fsp3) is 0.267. The van der Waals surface area contributed by atoms with Crippen LogP contribution in [0.25, 0.3) is 0 Å². The molecule has 0 atom stereocenters. The number of halogens is 1. The molecule has 3 rings (SSSR count). The van der Waals surface area contributed by atoms with Gasteiger partial charge in [0.2, 0.25) is 0 Å². The normalized spacial score (nSPS) is 13.7. The molecule has 0 fully saturated rings. The van der Waals surface area contributed by atoms with Crippen molar-refractivity contribution < 1.29 is 9.53 Å². The average Bonchev–Trinajstić information content (AvgIpc) is 3.16. The number of aromatic nitrogens is 1. The number of nitrogens with one attached hydrogen (secondary N) is 1. The summed E-state index contributed by atoms with van der Waals surface area (Å²) in [5, 5.41) is 4.92. The van der Waals surface area contributed by atoms with Crippen LogP contribution in [0.15, 0.2) is 29.3 Å². The Bertz CT molecular complexity index is 744. The molecular formula is C15H14ClN3O2S2. The van der Waals surface area contributed by atoms with Crippen LogP contribution in [0.4, 0.5) is 0 Å². The number of amidine groups is 1. The minimum absolute atomic E-state index is 0.161. The number of hydrogen-bond acceptors (Lipinski definition) is 6. The monoisotopic (exact) mass is 367 g/mol. The summed E-state index contributed by atoms with van der Waals surface area (Å²) in [6.45, 7) is 2.89. The molecule has 1 aliphatic rings. The number of carbonyl (C=O) groups is 1. The topological polar surface area (TPSA) is 63.6 Å². The number of thiazole rings is 1. The van der Waals surface area contributed by atoms with E-state index in [-0.39, 0.29) is 5.91 Å². The largest absolute Gasteiger partial charge is 0.486 e. The lowest BCUT2D eigenvalue weighted by Crippen LogP contribution is -2.27. The van der Waals surface area contributed by atoms with E-state index in [9.17, 15) is 4.79 Å². The Morgan fingerprint density at radius 1 is 1.39 bits per heavy atom. The predicted molar refractivity (Wildman–Crippen MR) is 94.9 cm³/mol. The van der Waals surface area contributed by atoms with Crippen molar-refractivity contribution in [2.45, 2.75) is 13.5 Å². The molecule has 8 heteroatoms. The van der Waals surface area contributed by atoms with Crippen LogP contribution in [0.1, 0.15) is 20.4 Å². The van der Waals surface area contributed by atoms with Crippen molar-refractivity contribution in [1.82, 2.24) is 10.3 Å². The number of aryl methyl sites for hydroxylation is 1. The quantitative estimate of drug-likeness (QED) is 0.898. The highest BCUT2D eigenvalue weighted by Gasteiger charge is 2.18. The van der Waals surface area contributed by atoms with Crippen LogP contribution in [-0.4, -0.2) is 28.4 Å². The van der Waals surface area contributed by atoms with Crippen molar-refractivity contribution >= 4 is 45.8 Å². The molecule has 0 bridgehead atoms. The van der Waals surface area contributed by atoms with Crippen LogP contribution in [0, 0.1) is 6.92 Å². The Hall–Kier alpha value is -1.57. The van der Waals surface area contributed by atoms with Crippen molar-refractivity contribution in [1.29, 1.82) is 0 Å². The highest BCUT2D eigenvalue weighted by atomic mass is 35.5. The Morgan fingerprint density at radius 3 is 2.87 bits per heavy atom. The summed E-state index contributed by atoms with van der Waals surface area (Å²) in [6, 6.07) is 7.13. The highest BCUT2D eigenvalue weighted by molar-refractivity contribution is 8.14. The molecule has 0 saturated heterocycles. The number of ether oxygens (including phenoxy) is 1. The third kappa shape index (κ3) is 4.25. The molecule has 1 aliphatic heterocycles. The number of hydrogen-bond donors (Lipinski definition) is 1. The van der Waals surface area contributed by atoms with E-state index in [1.807, 2.05) is 6.92 Å². The van der Waals surface area contributed by atoms with Gasteiger partial charge >= 0.3 is 0 Å². The summed E-state index contributed by atoms with van der Waals surface area (Å²) >= 11 is 8.72. The van der Waals surface area contributed by atoms with E-state index >= 15 is 0 Å². The zero-order chi connectivity index (χ0) is 16.2. The molecule has 1 amide bonds. The lowest BCUT2D eigenvalue weighted by Gasteiger charge is -2.03. The van der Waals surface area contributed by atoms with Crippen LogP contribution in [0.5, 0.6) is 5.75 Å². The van der Waals surface area contributed by atoms with Gasteiger partial charge in [0.1, 0.15) is 22.2 Å². The van der Waals surface area contributed by atoms with E-state index in [4.69, 9.17) is 16.3 Å². The maximum atomic E-state index is 12.3. The first-order valence-corrected chi connectivity index (χ1v) is 9.13. The number of benzene rings is 1. The van der Waals surface area contributed by atoms with Crippen LogP contribution < -0.4 is 10.1 Å². The molecule has 1 N–H and O–H groups in total. The summed E-state index contributed by atoms with van der Waals surface area (Å²) in [4.78, 5) is 21.5. The number of thioether (sulfide) groups is 1. The zero-order valence-corrected chi connectivity index (χ0v) is 14.7. The average molecular weight is 368 g/mol. The smallest absolute Gasteiger partial charge is 0.269 e. The standard InChI is InChI=1S/C15H14ClN3O2S2/c1-9-13(14(20)19-15-17-6-7-22-15)23-12(18-9)8-21-11-4-2-10(16)3-5-11/h2-5H,6-8H2,1H3,(H,17,19,20). The van der Waals surface area contributed by atoms with Gasteiger partial charge in [-0.3, -0.25) is 9.79 Å². The minimum Gasteiger partial charge on any atom is -0.486 e. The molecule has 1 aromatic carbocycles. The van der Waals surface area contributed by atoms with Gasteiger partial charge < -0.3 is 10.1 Å². The van der Waals surface area contributed by atoms with Gasteiger partial charge in [-0.1, -0.05) is 23.4 Å². The first-order chi connectivity index (χ1) is 11.1. The van der Waals surface area contributed by atoms with Crippen LogP contribution >= 0.6 is 34.7 Å². The van der Waals surface area contributed by atoms with Crippen molar-refractivity contribution in [3.63, 3.8) is 0 Å². The minimum atomic E-state index is -0.161. The molecule has 5 nitrogen and oxygen atoms in total. The first-order valence-electron chi connectivity index (χ1n) is 6.95. The number of aliphatic imine (C=N–C) groups is 1. The first kappa shape index (κ1) is 16.3. The van der Waals surface area contributed by atoms with Gasteiger partial charge in [0, 0.05) is 10.8 Å². The van der Waals surface area contributed by atoms with E-state index in [0.717, 1.165) is 17.3 Å². The zero-order valence-electron chi connectivity index (χ0n) is 12.3.